The first-order valence-electron chi connectivity index (χ1n) is 6.67. The van der Waals surface area contributed by atoms with Crippen molar-refractivity contribution < 1.29 is 9.57 Å². The van der Waals surface area contributed by atoms with Gasteiger partial charge in [-0.05, 0) is 41.3 Å². The zero-order valence-electron chi connectivity index (χ0n) is 12.3. The summed E-state index contributed by atoms with van der Waals surface area (Å²) in [4.78, 5) is 9.86. The molecule has 0 aliphatic heterocycles. The summed E-state index contributed by atoms with van der Waals surface area (Å²) in [5, 5.41) is 1.09. The van der Waals surface area contributed by atoms with Crippen LogP contribution in [0.5, 0.6) is 0 Å². The van der Waals surface area contributed by atoms with Crippen molar-refractivity contribution in [2.75, 3.05) is 19.1 Å². The summed E-state index contributed by atoms with van der Waals surface area (Å²) in [7, 11) is 1.66. The maximum atomic E-state index is 6.20. The summed E-state index contributed by atoms with van der Waals surface area (Å²) in [5.74, 6) is 0. The second-order valence-electron chi connectivity index (χ2n) is 4.87. The monoisotopic (exact) mass is 300 g/mol. The number of pyridine rings is 1. The number of aromatic nitrogens is 2. The molecule has 0 fully saturated rings. The van der Waals surface area contributed by atoms with Crippen LogP contribution in [0.25, 0.3) is 22.2 Å². The highest BCUT2D eigenvalue weighted by Crippen LogP contribution is 2.34. The van der Waals surface area contributed by atoms with Crippen molar-refractivity contribution in [3.05, 3.63) is 42.2 Å². The minimum Gasteiger partial charge on any atom is -0.398 e. The molecule has 0 saturated heterocycles. The van der Waals surface area contributed by atoms with Crippen LogP contribution in [0, 0.1) is 6.92 Å². The van der Waals surface area contributed by atoms with Crippen LogP contribution < -0.4 is 15.3 Å². The summed E-state index contributed by atoms with van der Waals surface area (Å²) in [5.41, 5.74) is 11.1. The maximum absolute atomic E-state index is 6.20. The molecule has 3 aromatic rings. The Labute approximate surface area is 127 Å². The van der Waals surface area contributed by atoms with E-state index in [1.165, 1.54) is 4.90 Å². The largest absolute Gasteiger partial charge is 0.398 e. The Hall–Kier alpha value is -2.14. The average Bonchev–Trinajstić information content (AvgIpc) is 2.96. The molecule has 0 bridgehead atoms. The van der Waals surface area contributed by atoms with Crippen molar-refractivity contribution in [2.45, 2.75) is 11.8 Å². The van der Waals surface area contributed by atoms with E-state index in [9.17, 15) is 0 Å². The predicted molar refractivity (Wildman–Crippen MR) is 87.4 cm³/mol. The normalized spacial score (nSPS) is 11.0. The third-order valence-electron chi connectivity index (χ3n) is 3.63. The molecule has 5 heteroatoms. The molecule has 0 aliphatic carbocycles. The van der Waals surface area contributed by atoms with Gasteiger partial charge in [0.1, 0.15) is 12.8 Å². The van der Waals surface area contributed by atoms with E-state index in [4.69, 9.17) is 10.6 Å². The van der Waals surface area contributed by atoms with Crippen molar-refractivity contribution >= 4 is 28.5 Å². The Balaban J connectivity index is 2.33. The van der Waals surface area contributed by atoms with E-state index in [0.29, 0.717) is 0 Å². The second-order valence-corrected chi connectivity index (χ2v) is 5.75. The lowest BCUT2D eigenvalue weighted by atomic mass is 10.0. The van der Waals surface area contributed by atoms with Gasteiger partial charge < -0.3 is 10.6 Å². The van der Waals surface area contributed by atoms with E-state index in [0.717, 1.165) is 33.5 Å². The summed E-state index contributed by atoms with van der Waals surface area (Å²) in [6.45, 7) is 2.02. The molecule has 0 spiro atoms. The highest BCUT2D eigenvalue weighted by Gasteiger charge is 2.19. The first-order valence-corrected chi connectivity index (χ1v) is 7.89. The van der Waals surface area contributed by atoms with Gasteiger partial charge in [0.15, 0.2) is 0 Å². The number of fused-ring (bicyclic) bond motifs is 1. The van der Waals surface area contributed by atoms with Crippen LogP contribution in [0.1, 0.15) is 5.69 Å². The minimum absolute atomic E-state index is 0.782. The van der Waals surface area contributed by atoms with Crippen LogP contribution >= 0.6 is 11.8 Å². The smallest absolute Gasteiger partial charge is 0.326 e. The number of nitrogens with one attached hydrogen (secondary N) is 1. The molecule has 0 atom stereocenters. The number of rotatable bonds is 3. The van der Waals surface area contributed by atoms with Crippen molar-refractivity contribution in [1.29, 1.82) is 0 Å². The number of anilines is 1. The zero-order valence-corrected chi connectivity index (χ0v) is 13.1. The Morgan fingerprint density at radius 3 is 2.71 bits per heavy atom. The number of thioether (sulfide) groups is 1. The van der Waals surface area contributed by atoms with Crippen molar-refractivity contribution in [1.82, 2.24) is 4.98 Å². The fourth-order valence-corrected chi connectivity index (χ4v) is 3.06. The molecule has 4 nitrogen and oxygen atoms in total. The molecular weight excluding hydrogens is 282 g/mol. The molecule has 3 N–H and O–H groups in total. The van der Waals surface area contributed by atoms with Crippen LogP contribution in [-0.4, -0.2) is 18.3 Å². The lowest BCUT2D eigenvalue weighted by Crippen LogP contribution is -2.44. The van der Waals surface area contributed by atoms with E-state index in [2.05, 4.69) is 23.4 Å². The number of nitrogen functional groups attached to an aromatic ring is 1. The molecule has 0 amide bonds. The molecule has 3 rings (SSSR count). The van der Waals surface area contributed by atoms with Crippen LogP contribution in [0.3, 0.4) is 0 Å². The Kier molecular flexibility index (Phi) is 3.51. The number of benzene rings is 1. The number of hydrogen-bond donors (Lipinski definition) is 2. The minimum atomic E-state index is 0.782. The predicted octanol–water partition coefficient (Wildman–Crippen LogP) is 2.79. The molecule has 0 unspecified atom stereocenters. The van der Waals surface area contributed by atoms with E-state index in [-0.39, 0.29) is 0 Å². The highest BCUT2D eigenvalue weighted by atomic mass is 32.2. The van der Waals surface area contributed by atoms with Crippen molar-refractivity contribution in [2.24, 2.45) is 0 Å². The lowest BCUT2D eigenvalue weighted by molar-refractivity contribution is -0.870. The number of aromatic amines is 1. The maximum Gasteiger partial charge on any atom is 0.326 e. The molecule has 0 aliphatic rings. The zero-order chi connectivity index (χ0) is 15.0. The van der Waals surface area contributed by atoms with Crippen molar-refractivity contribution in [3.8, 4) is 11.1 Å². The standard InChI is InChI=1S/C16H17N3OS/c1-10-8-13(12-6-7-18-16(12)19(10)20-2)14-9-11(21-3)4-5-15(14)17/h4-9H,1-3H3,(H2,17,18)/p+1. The fraction of sp³-hybridized carbons (Fsp3) is 0.188. The van der Waals surface area contributed by atoms with Gasteiger partial charge in [0.05, 0.1) is 11.6 Å². The number of nitrogens with zero attached hydrogens (tertiary/aromatic N) is 1. The van der Waals surface area contributed by atoms with Gasteiger partial charge in [-0.25, -0.2) is 4.98 Å². The molecular formula is C16H18N3OS+. The number of hydrogen-bond acceptors (Lipinski definition) is 3. The fourth-order valence-electron chi connectivity index (χ4n) is 2.62. The number of H-pyrrole nitrogens is 1. The summed E-state index contributed by atoms with van der Waals surface area (Å²) in [6, 6.07) is 10.3. The van der Waals surface area contributed by atoms with E-state index < -0.39 is 0 Å². The third kappa shape index (κ3) is 2.23. The van der Waals surface area contributed by atoms with Gasteiger partial charge in [-0.15, -0.1) is 11.8 Å². The molecule has 1 aromatic carbocycles. The van der Waals surface area contributed by atoms with E-state index in [1.807, 2.05) is 31.3 Å². The first kappa shape index (κ1) is 13.8. The SMILES string of the molecule is CO[n+]1c(C)cc(-c2cc(SC)ccc2N)c2cc[nH]c21. The second kappa shape index (κ2) is 5.33. The van der Waals surface area contributed by atoms with Crippen molar-refractivity contribution in [3.63, 3.8) is 0 Å². The van der Waals surface area contributed by atoms with Gasteiger partial charge in [0.2, 0.25) is 0 Å². The summed E-state index contributed by atoms with van der Waals surface area (Å²) >= 11 is 1.71. The van der Waals surface area contributed by atoms with E-state index >= 15 is 0 Å². The molecule has 21 heavy (non-hydrogen) atoms. The number of aryl methyl sites for hydroxylation is 1. The quantitative estimate of drug-likeness (QED) is 0.444. The summed E-state index contributed by atoms with van der Waals surface area (Å²) in [6.07, 6.45) is 3.98. The van der Waals surface area contributed by atoms with Crippen LogP contribution in [0.15, 0.2) is 41.4 Å². The molecule has 0 saturated carbocycles. The Morgan fingerprint density at radius 1 is 1.19 bits per heavy atom. The van der Waals surface area contributed by atoms with Gasteiger partial charge in [-0.2, -0.15) is 0 Å². The van der Waals surface area contributed by atoms with E-state index in [1.54, 1.807) is 23.6 Å². The van der Waals surface area contributed by atoms with Gasteiger partial charge in [0, 0.05) is 28.6 Å². The highest BCUT2D eigenvalue weighted by molar-refractivity contribution is 7.98. The molecule has 108 valence electrons. The molecule has 2 aromatic heterocycles. The Morgan fingerprint density at radius 2 is 2.00 bits per heavy atom. The molecule has 2 heterocycles. The Bertz CT molecular complexity index is 811. The van der Waals surface area contributed by atoms with Gasteiger partial charge in [-0.3, -0.25) is 0 Å². The van der Waals surface area contributed by atoms with Crippen LogP contribution in [-0.2, 0) is 0 Å². The lowest BCUT2D eigenvalue weighted by Gasteiger charge is -2.10. The first-order chi connectivity index (χ1) is 10.2. The van der Waals surface area contributed by atoms with Gasteiger partial charge >= 0.3 is 5.65 Å². The van der Waals surface area contributed by atoms with Gasteiger partial charge in [0.25, 0.3) is 0 Å². The number of nitrogens with two attached hydrogens (primary N) is 1. The van der Waals surface area contributed by atoms with Crippen LogP contribution in [0.4, 0.5) is 5.69 Å². The van der Waals surface area contributed by atoms with Gasteiger partial charge in [-0.1, -0.05) is 0 Å². The molecule has 0 radical (unpaired) electrons. The summed E-state index contributed by atoms with van der Waals surface area (Å²) < 4.78 is 1.79. The average molecular weight is 300 g/mol. The third-order valence-corrected chi connectivity index (χ3v) is 4.35. The van der Waals surface area contributed by atoms with Crippen LogP contribution in [0.2, 0.25) is 0 Å². The topological polar surface area (TPSA) is 54.9 Å².